The summed E-state index contributed by atoms with van der Waals surface area (Å²) >= 11 is 0. The van der Waals surface area contributed by atoms with Crippen molar-refractivity contribution < 1.29 is 57.1 Å². The monoisotopic (exact) mass is 627 g/mol. The van der Waals surface area contributed by atoms with Crippen LogP contribution >= 0.6 is 0 Å². The Kier molecular flexibility index (Phi) is 7.08. The van der Waals surface area contributed by atoms with Crippen molar-refractivity contribution in [3.8, 4) is 5.75 Å². The van der Waals surface area contributed by atoms with E-state index in [0.29, 0.717) is 27.9 Å². The highest BCUT2D eigenvalue weighted by Gasteiger charge is 2.58. The molecule has 1 aliphatic carbocycles. The molecule has 1 aromatic heterocycles. The molecule has 0 saturated carbocycles. The molecule has 4 rings (SSSR count). The highest BCUT2D eigenvalue weighted by molar-refractivity contribution is 7.93. The highest BCUT2D eigenvalue weighted by Crippen LogP contribution is 2.45. The standard InChI is InChI=1S/C25H25F5N2O7S2/c1-15-4-6-16(7-5-15)41(35,36)32-13-23(17-8-9-24(38-3,12-21(17)32)25(28,29)30)40(33,34)31-20-10-19(27)22(11-18(20)26)39-14-37-2/h4-7,10-11,13,31H,8-9,12,14H2,1-3H3/t24-/m1/s1/i3D3. The van der Waals surface area contributed by atoms with Gasteiger partial charge in [0.05, 0.1) is 14.7 Å². The van der Waals surface area contributed by atoms with Crippen LogP contribution in [0.25, 0.3) is 0 Å². The van der Waals surface area contributed by atoms with Crippen molar-refractivity contribution in [2.45, 2.75) is 47.8 Å². The number of nitrogens with zero attached hydrogens (tertiary/aromatic N) is 1. The van der Waals surface area contributed by atoms with Gasteiger partial charge in [-0.3, -0.25) is 4.72 Å². The second-order valence-corrected chi connectivity index (χ2v) is 12.7. The van der Waals surface area contributed by atoms with Crippen molar-refractivity contribution in [1.29, 1.82) is 0 Å². The second kappa shape index (κ2) is 10.9. The van der Waals surface area contributed by atoms with Gasteiger partial charge in [0, 0.05) is 44.6 Å². The molecule has 2 aromatic carbocycles. The van der Waals surface area contributed by atoms with Gasteiger partial charge in [0.25, 0.3) is 20.0 Å². The summed E-state index contributed by atoms with van der Waals surface area (Å²) < 4.78 is 165. The Morgan fingerprint density at radius 2 is 1.78 bits per heavy atom. The zero-order valence-electron chi connectivity index (χ0n) is 24.4. The first-order valence-electron chi connectivity index (χ1n) is 13.2. The largest absolute Gasteiger partial charge is 0.464 e. The van der Waals surface area contributed by atoms with Gasteiger partial charge in [0.15, 0.2) is 29.8 Å². The Morgan fingerprint density at radius 1 is 1.10 bits per heavy atom. The number of fused-ring (bicyclic) bond motifs is 1. The van der Waals surface area contributed by atoms with E-state index in [9.17, 15) is 38.8 Å². The van der Waals surface area contributed by atoms with Crippen LogP contribution in [0.1, 0.15) is 27.4 Å². The molecule has 3 aromatic rings. The lowest BCUT2D eigenvalue weighted by Crippen LogP contribution is -2.51. The van der Waals surface area contributed by atoms with E-state index in [-0.39, 0.29) is 0 Å². The van der Waals surface area contributed by atoms with Gasteiger partial charge in [0.1, 0.15) is 4.90 Å². The molecule has 9 nitrogen and oxygen atoms in total. The fraction of sp³-hybridized carbons (Fsp3) is 0.360. The molecule has 16 heteroatoms. The van der Waals surface area contributed by atoms with Crippen molar-refractivity contribution >= 4 is 25.7 Å². The topological polar surface area (TPSA) is 113 Å². The molecule has 0 spiro atoms. The number of benzene rings is 2. The van der Waals surface area contributed by atoms with E-state index in [4.69, 9.17) is 8.85 Å². The minimum atomic E-state index is -5.33. The zero-order chi connectivity index (χ0) is 32.9. The first kappa shape index (κ1) is 26.7. The van der Waals surface area contributed by atoms with Crippen LogP contribution in [0.3, 0.4) is 0 Å². The number of halogens is 5. The maximum Gasteiger partial charge on any atom is 0.417 e. The minimum absolute atomic E-state index is 0.308. The number of ether oxygens (including phenoxy) is 3. The smallest absolute Gasteiger partial charge is 0.417 e. The number of methoxy groups -OCH3 is 2. The normalized spacial score (nSPS) is 19.1. The number of sulfonamides is 1. The quantitative estimate of drug-likeness (QED) is 0.274. The Hall–Kier alpha value is -3.21. The van der Waals surface area contributed by atoms with E-state index in [1.54, 1.807) is 11.6 Å². The maximum atomic E-state index is 14.8. The number of aryl methyl sites for hydroxylation is 1. The first-order valence-corrected chi connectivity index (χ1v) is 14.6. The number of hydrogen-bond donors (Lipinski definition) is 1. The van der Waals surface area contributed by atoms with Gasteiger partial charge in [-0.05, 0) is 37.5 Å². The molecule has 0 saturated heterocycles. The molecule has 0 amide bonds. The molecular weight excluding hydrogens is 599 g/mol. The molecule has 1 aliphatic rings. The Bertz CT molecular complexity index is 1780. The van der Waals surface area contributed by atoms with E-state index in [1.807, 2.05) is 0 Å². The summed E-state index contributed by atoms with van der Waals surface area (Å²) in [4.78, 5) is -1.27. The molecule has 41 heavy (non-hydrogen) atoms. The Labute approximate surface area is 237 Å². The van der Waals surface area contributed by atoms with Gasteiger partial charge in [-0.25, -0.2) is 29.6 Å². The van der Waals surface area contributed by atoms with Crippen molar-refractivity contribution in [3.63, 3.8) is 0 Å². The summed E-state index contributed by atoms with van der Waals surface area (Å²) in [5.74, 6) is -3.11. The lowest BCUT2D eigenvalue weighted by molar-refractivity contribution is -0.273. The summed E-state index contributed by atoms with van der Waals surface area (Å²) in [6, 6.07) is 6.07. The highest BCUT2D eigenvalue weighted by atomic mass is 32.2. The third-order valence-corrected chi connectivity index (χ3v) is 9.69. The molecule has 0 radical (unpaired) electrons. The van der Waals surface area contributed by atoms with Crippen LogP contribution in [0.2, 0.25) is 0 Å². The summed E-state index contributed by atoms with van der Waals surface area (Å²) in [7, 11) is -12.1. The van der Waals surface area contributed by atoms with Crippen LogP contribution in [0.5, 0.6) is 5.75 Å². The lowest BCUT2D eigenvalue weighted by atomic mass is 9.83. The molecule has 1 heterocycles. The van der Waals surface area contributed by atoms with Crippen molar-refractivity contribution in [3.05, 3.63) is 71.1 Å². The van der Waals surface area contributed by atoms with E-state index in [1.165, 1.54) is 19.2 Å². The van der Waals surface area contributed by atoms with E-state index in [2.05, 4.69) is 9.47 Å². The summed E-state index contributed by atoms with van der Waals surface area (Å²) in [6.07, 6.45) is -8.08. The fourth-order valence-corrected chi connectivity index (χ4v) is 7.20. The number of anilines is 1. The molecule has 0 fully saturated rings. The number of hydrogen-bond acceptors (Lipinski definition) is 7. The first-order chi connectivity index (χ1) is 20.2. The third kappa shape index (κ3) is 5.65. The SMILES string of the molecule is [2H]C([2H])([2H])O[C@]1(C(F)(F)F)CCc2c(S(=O)(=O)Nc3cc(F)c(OCOC)cc3F)cn(S(=O)(=O)c3ccc(C)cc3)c2C1. The van der Waals surface area contributed by atoms with E-state index < -0.39 is 109 Å². The van der Waals surface area contributed by atoms with Crippen LogP contribution < -0.4 is 9.46 Å². The van der Waals surface area contributed by atoms with Gasteiger partial charge >= 0.3 is 6.18 Å². The predicted octanol–water partition coefficient (Wildman–Crippen LogP) is 4.53. The molecule has 1 N–H and O–H groups in total. The number of alkyl halides is 3. The summed E-state index contributed by atoms with van der Waals surface area (Å²) in [5, 5.41) is 0. The van der Waals surface area contributed by atoms with Crippen LogP contribution in [0.15, 0.2) is 52.4 Å². The third-order valence-electron chi connectivity index (χ3n) is 6.56. The Morgan fingerprint density at radius 3 is 2.39 bits per heavy atom. The maximum absolute atomic E-state index is 14.8. The number of nitrogens with one attached hydrogen (secondary N) is 1. The zero-order valence-corrected chi connectivity index (χ0v) is 23.0. The van der Waals surface area contributed by atoms with Crippen LogP contribution in [-0.4, -0.2) is 53.5 Å². The lowest BCUT2D eigenvalue weighted by Gasteiger charge is -2.38. The van der Waals surface area contributed by atoms with Crippen LogP contribution in [0.4, 0.5) is 27.6 Å². The minimum Gasteiger partial charge on any atom is -0.464 e. The van der Waals surface area contributed by atoms with Crippen molar-refractivity contribution in [2.75, 3.05) is 25.7 Å². The fourth-order valence-electron chi connectivity index (χ4n) is 4.37. The average molecular weight is 628 g/mol. The van der Waals surface area contributed by atoms with Crippen molar-refractivity contribution in [1.82, 2.24) is 3.97 Å². The van der Waals surface area contributed by atoms with Crippen LogP contribution in [0, 0.1) is 18.6 Å². The van der Waals surface area contributed by atoms with Crippen LogP contribution in [-0.2, 0) is 42.4 Å². The molecule has 1 atom stereocenters. The summed E-state index contributed by atoms with van der Waals surface area (Å²) in [6.45, 7) is 1.19. The molecular formula is C25H25F5N2O7S2. The molecule has 224 valence electrons. The second-order valence-electron chi connectivity index (χ2n) is 9.22. The Balaban J connectivity index is 1.89. The number of rotatable bonds is 9. The number of aromatic nitrogens is 1. The molecule has 0 unspecified atom stereocenters. The molecule has 0 aliphatic heterocycles. The van der Waals surface area contributed by atoms with Crippen molar-refractivity contribution in [2.24, 2.45) is 0 Å². The average Bonchev–Trinajstić information content (AvgIpc) is 3.29. The van der Waals surface area contributed by atoms with E-state index >= 15 is 0 Å². The van der Waals surface area contributed by atoms with Gasteiger partial charge in [0.2, 0.25) is 0 Å². The predicted molar refractivity (Wildman–Crippen MR) is 136 cm³/mol. The van der Waals surface area contributed by atoms with Gasteiger partial charge in [-0.2, -0.15) is 13.2 Å². The van der Waals surface area contributed by atoms with Gasteiger partial charge in [-0.1, -0.05) is 17.7 Å². The molecule has 0 bridgehead atoms. The van der Waals surface area contributed by atoms with Gasteiger partial charge in [-0.15, -0.1) is 0 Å². The van der Waals surface area contributed by atoms with Gasteiger partial charge < -0.3 is 14.2 Å². The summed E-state index contributed by atoms with van der Waals surface area (Å²) in [5.41, 5.74) is -4.81. The van der Waals surface area contributed by atoms with E-state index in [0.717, 1.165) is 12.1 Å².